The highest BCUT2D eigenvalue weighted by molar-refractivity contribution is 7.12. The van der Waals surface area contributed by atoms with Gasteiger partial charge in [-0.15, -0.1) is 11.3 Å². The summed E-state index contributed by atoms with van der Waals surface area (Å²) in [6.45, 7) is 1.02. The fourth-order valence-electron chi connectivity index (χ4n) is 0.862. The second-order valence-corrected chi connectivity index (χ2v) is 3.62. The molecule has 12 heavy (non-hydrogen) atoms. The Labute approximate surface area is 76.6 Å². The lowest BCUT2D eigenvalue weighted by molar-refractivity contribution is 0.285. The second kappa shape index (κ2) is 5.09. The van der Waals surface area contributed by atoms with Crippen LogP contribution in [-0.4, -0.2) is 18.7 Å². The standard InChI is InChI=1S/C9H13NOS/c1-10-6-2-3-8-4-5-9(7-11)12-8/h2-5,10-11H,6-7H2,1H3. The van der Waals surface area contributed by atoms with Gasteiger partial charge in [-0.3, -0.25) is 0 Å². The number of aliphatic hydroxyl groups excluding tert-OH is 1. The first-order valence-corrected chi connectivity index (χ1v) is 4.69. The van der Waals surface area contributed by atoms with Gasteiger partial charge >= 0.3 is 0 Å². The summed E-state index contributed by atoms with van der Waals surface area (Å²) < 4.78 is 0. The predicted molar refractivity (Wildman–Crippen MR) is 53.2 cm³/mol. The van der Waals surface area contributed by atoms with Crippen LogP contribution in [0.3, 0.4) is 0 Å². The maximum Gasteiger partial charge on any atom is 0.0774 e. The van der Waals surface area contributed by atoms with Gasteiger partial charge in [-0.2, -0.15) is 0 Å². The minimum atomic E-state index is 0.143. The minimum Gasteiger partial charge on any atom is -0.391 e. The fraction of sp³-hybridized carbons (Fsp3) is 0.333. The molecule has 1 aromatic rings. The van der Waals surface area contributed by atoms with Crippen LogP contribution in [0, 0.1) is 0 Å². The van der Waals surface area contributed by atoms with E-state index in [1.807, 2.05) is 19.2 Å². The number of likely N-dealkylation sites (N-methyl/N-ethyl adjacent to an activating group) is 1. The van der Waals surface area contributed by atoms with Crippen LogP contribution in [0.25, 0.3) is 6.08 Å². The number of hydrogen-bond acceptors (Lipinski definition) is 3. The zero-order valence-electron chi connectivity index (χ0n) is 7.08. The smallest absolute Gasteiger partial charge is 0.0774 e. The van der Waals surface area contributed by atoms with E-state index in [0.717, 1.165) is 11.4 Å². The van der Waals surface area contributed by atoms with Crippen molar-refractivity contribution < 1.29 is 5.11 Å². The minimum absolute atomic E-state index is 0.143. The van der Waals surface area contributed by atoms with E-state index in [1.54, 1.807) is 11.3 Å². The molecular weight excluding hydrogens is 170 g/mol. The lowest BCUT2D eigenvalue weighted by Crippen LogP contribution is -2.03. The molecule has 0 aliphatic carbocycles. The van der Waals surface area contributed by atoms with Crippen molar-refractivity contribution >= 4 is 17.4 Å². The molecule has 0 spiro atoms. The van der Waals surface area contributed by atoms with E-state index >= 15 is 0 Å². The summed E-state index contributed by atoms with van der Waals surface area (Å²) in [5, 5.41) is 11.8. The molecule has 0 radical (unpaired) electrons. The van der Waals surface area contributed by atoms with Crippen molar-refractivity contribution in [2.45, 2.75) is 6.61 Å². The monoisotopic (exact) mass is 183 g/mol. The van der Waals surface area contributed by atoms with Gasteiger partial charge in [-0.25, -0.2) is 0 Å². The molecule has 0 atom stereocenters. The molecule has 2 N–H and O–H groups in total. The van der Waals surface area contributed by atoms with Gasteiger partial charge in [-0.05, 0) is 25.3 Å². The molecule has 0 aliphatic rings. The zero-order chi connectivity index (χ0) is 8.81. The van der Waals surface area contributed by atoms with Crippen molar-refractivity contribution in [1.82, 2.24) is 5.32 Å². The Morgan fingerprint density at radius 1 is 1.58 bits per heavy atom. The Kier molecular flexibility index (Phi) is 4.00. The first-order chi connectivity index (χ1) is 5.86. The van der Waals surface area contributed by atoms with Crippen LogP contribution in [0.15, 0.2) is 18.2 Å². The number of rotatable bonds is 4. The molecule has 1 aromatic heterocycles. The van der Waals surface area contributed by atoms with Gasteiger partial charge < -0.3 is 10.4 Å². The molecule has 0 unspecified atom stereocenters. The normalized spacial score (nSPS) is 11.2. The van der Waals surface area contributed by atoms with Crippen molar-refractivity contribution in [2.24, 2.45) is 0 Å². The molecule has 2 nitrogen and oxygen atoms in total. The molecule has 0 aromatic carbocycles. The molecule has 0 amide bonds. The molecule has 1 heterocycles. The van der Waals surface area contributed by atoms with Crippen molar-refractivity contribution in [2.75, 3.05) is 13.6 Å². The lowest BCUT2D eigenvalue weighted by atomic mass is 10.4. The highest BCUT2D eigenvalue weighted by Crippen LogP contribution is 2.17. The SMILES string of the molecule is CNCC=Cc1ccc(CO)s1. The lowest BCUT2D eigenvalue weighted by Gasteiger charge is -1.87. The molecule has 0 saturated heterocycles. The summed E-state index contributed by atoms with van der Waals surface area (Å²) in [6, 6.07) is 3.96. The van der Waals surface area contributed by atoms with E-state index in [0.29, 0.717) is 0 Å². The molecule has 66 valence electrons. The van der Waals surface area contributed by atoms with Crippen LogP contribution < -0.4 is 5.32 Å². The molecule has 1 rings (SSSR count). The first kappa shape index (κ1) is 9.45. The third-order valence-corrected chi connectivity index (χ3v) is 2.48. The van der Waals surface area contributed by atoms with Crippen molar-refractivity contribution in [3.05, 3.63) is 28.0 Å². The zero-order valence-corrected chi connectivity index (χ0v) is 7.90. The highest BCUT2D eigenvalue weighted by atomic mass is 32.1. The molecule has 0 aliphatic heterocycles. The second-order valence-electron chi connectivity index (χ2n) is 2.42. The van der Waals surface area contributed by atoms with Crippen molar-refractivity contribution in [3.8, 4) is 0 Å². The summed E-state index contributed by atoms with van der Waals surface area (Å²) in [5.41, 5.74) is 0. The fourth-order valence-corrected chi connectivity index (χ4v) is 1.67. The van der Waals surface area contributed by atoms with Crippen LogP contribution in [-0.2, 0) is 6.61 Å². The number of thiophene rings is 1. The van der Waals surface area contributed by atoms with E-state index in [1.165, 1.54) is 4.88 Å². The van der Waals surface area contributed by atoms with E-state index in [4.69, 9.17) is 5.11 Å². The van der Waals surface area contributed by atoms with Crippen LogP contribution in [0.1, 0.15) is 9.75 Å². The average molecular weight is 183 g/mol. The van der Waals surface area contributed by atoms with Gasteiger partial charge in [0, 0.05) is 16.3 Å². The number of hydrogen-bond donors (Lipinski definition) is 2. The van der Waals surface area contributed by atoms with Gasteiger partial charge in [0.15, 0.2) is 0 Å². The molecule has 0 bridgehead atoms. The van der Waals surface area contributed by atoms with Crippen molar-refractivity contribution in [1.29, 1.82) is 0 Å². The van der Waals surface area contributed by atoms with E-state index in [-0.39, 0.29) is 6.61 Å². The topological polar surface area (TPSA) is 32.3 Å². The van der Waals surface area contributed by atoms with Gasteiger partial charge in [0.2, 0.25) is 0 Å². The predicted octanol–water partition coefficient (Wildman–Crippen LogP) is 1.47. The number of nitrogens with one attached hydrogen (secondary N) is 1. The van der Waals surface area contributed by atoms with E-state index in [9.17, 15) is 0 Å². The summed E-state index contributed by atoms with van der Waals surface area (Å²) >= 11 is 1.62. The average Bonchev–Trinajstić information content (AvgIpc) is 2.53. The van der Waals surface area contributed by atoms with Crippen LogP contribution in [0.5, 0.6) is 0 Å². The maximum atomic E-state index is 8.80. The Morgan fingerprint density at radius 2 is 2.42 bits per heavy atom. The Bertz CT molecular complexity index is 255. The summed E-state index contributed by atoms with van der Waals surface area (Å²) in [7, 11) is 1.91. The van der Waals surface area contributed by atoms with Crippen LogP contribution in [0.4, 0.5) is 0 Å². The summed E-state index contributed by atoms with van der Waals surface area (Å²) in [5.74, 6) is 0. The van der Waals surface area contributed by atoms with Gasteiger partial charge in [0.1, 0.15) is 0 Å². The molecule has 0 saturated carbocycles. The highest BCUT2D eigenvalue weighted by Gasteiger charge is 1.93. The van der Waals surface area contributed by atoms with Crippen LogP contribution in [0.2, 0.25) is 0 Å². The van der Waals surface area contributed by atoms with Crippen molar-refractivity contribution in [3.63, 3.8) is 0 Å². The number of aliphatic hydroxyl groups is 1. The Hall–Kier alpha value is -0.640. The maximum absolute atomic E-state index is 8.80. The Balaban J connectivity index is 2.51. The first-order valence-electron chi connectivity index (χ1n) is 3.87. The third kappa shape index (κ3) is 2.77. The van der Waals surface area contributed by atoms with E-state index < -0.39 is 0 Å². The molecule has 0 fully saturated rings. The quantitative estimate of drug-likeness (QED) is 0.741. The largest absolute Gasteiger partial charge is 0.391 e. The third-order valence-electron chi connectivity index (χ3n) is 1.44. The molecular formula is C9H13NOS. The molecule has 3 heteroatoms. The summed E-state index contributed by atoms with van der Waals surface area (Å²) in [6.07, 6.45) is 4.12. The summed E-state index contributed by atoms with van der Waals surface area (Å²) in [4.78, 5) is 2.20. The van der Waals surface area contributed by atoms with Gasteiger partial charge in [0.05, 0.1) is 6.61 Å². The Morgan fingerprint density at radius 3 is 3.00 bits per heavy atom. The van der Waals surface area contributed by atoms with Gasteiger partial charge in [0.25, 0.3) is 0 Å². The van der Waals surface area contributed by atoms with Gasteiger partial charge in [-0.1, -0.05) is 6.08 Å². The van der Waals surface area contributed by atoms with E-state index in [2.05, 4.69) is 17.5 Å². The van der Waals surface area contributed by atoms with Crippen LogP contribution >= 0.6 is 11.3 Å².